The quantitative estimate of drug-likeness (QED) is 0.859. The van der Waals surface area contributed by atoms with Gasteiger partial charge in [0.25, 0.3) is 0 Å². The molecule has 0 saturated heterocycles. The van der Waals surface area contributed by atoms with Crippen molar-refractivity contribution >= 4 is 27.3 Å². The largest absolute Gasteiger partial charge is 0.488 e. The average molecular weight is 326 g/mol. The van der Waals surface area contributed by atoms with Gasteiger partial charge in [0.2, 0.25) is 0 Å². The lowest BCUT2D eigenvalue weighted by Crippen LogP contribution is -2.11. The lowest BCUT2D eigenvalue weighted by molar-refractivity contribution is 0.309. The highest BCUT2D eigenvalue weighted by molar-refractivity contribution is 9.11. The highest BCUT2D eigenvalue weighted by Gasteiger charge is 2.00. The van der Waals surface area contributed by atoms with Crippen LogP contribution in [0.15, 0.2) is 40.2 Å². The molecule has 0 spiro atoms. The Kier molecular flexibility index (Phi) is 5.23. The fourth-order valence-corrected chi connectivity index (χ4v) is 2.99. The first-order valence-corrected chi connectivity index (χ1v) is 7.55. The molecular formula is C14H16BrNOS. The van der Waals surface area contributed by atoms with E-state index < -0.39 is 0 Å². The van der Waals surface area contributed by atoms with Crippen LogP contribution in [0.3, 0.4) is 0 Å². The lowest BCUT2D eigenvalue weighted by atomic mass is 10.2. The molecule has 4 heteroatoms. The summed E-state index contributed by atoms with van der Waals surface area (Å²) in [5.41, 5.74) is 1.25. The third-order valence-electron chi connectivity index (χ3n) is 2.49. The Morgan fingerprint density at radius 1 is 1.28 bits per heavy atom. The Morgan fingerprint density at radius 2 is 2.17 bits per heavy atom. The molecule has 0 unspecified atom stereocenters. The highest BCUT2D eigenvalue weighted by atomic mass is 79.9. The Morgan fingerprint density at radius 3 is 2.89 bits per heavy atom. The van der Waals surface area contributed by atoms with Gasteiger partial charge in [0, 0.05) is 11.4 Å². The van der Waals surface area contributed by atoms with Gasteiger partial charge in [-0.2, -0.15) is 0 Å². The van der Waals surface area contributed by atoms with Crippen LogP contribution in [0.25, 0.3) is 0 Å². The van der Waals surface area contributed by atoms with Crippen LogP contribution in [-0.2, 0) is 13.2 Å². The van der Waals surface area contributed by atoms with Crippen molar-refractivity contribution in [2.45, 2.75) is 20.1 Å². The zero-order chi connectivity index (χ0) is 12.8. The van der Waals surface area contributed by atoms with Crippen molar-refractivity contribution in [1.29, 1.82) is 0 Å². The smallest absolute Gasteiger partial charge is 0.122 e. The third kappa shape index (κ3) is 4.12. The summed E-state index contributed by atoms with van der Waals surface area (Å²) in [6.07, 6.45) is 0. The predicted molar refractivity (Wildman–Crippen MR) is 80.2 cm³/mol. The number of rotatable bonds is 6. The number of benzene rings is 1. The molecule has 1 N–H and O–H groups in total. The molecule has 2 rings (SSSR count). The molecule has 96 valence electrons. The van der Waals surface area contributed by atoms with Gasteiger partial charge in [-0.1, -0.05) is 19.1 Å². The summed E-state index contributed by atoms with van der Waals surface area (Å²) in [6, 6.07) is 12.4. The zero-order valence-corrected chi connectivity index (χ0v) is 12.7. The standard InChI is InChI=1S/C14H16BrNOS/c1-2-16-9-11-4-3-5-12(8-11)17-10-13-6-7-14(15)18-13/h3-8,16H,2,9-10H2,1H3. The summed E-state index contributed by atoms with van der Waals surface area (Å²) in [5, 5.41) is 3.31. The number of nitrogens with one attached hydrogen (secondary N) is 1. The highest BCUT2D eigenvalue weighted by Crippen LogP contribution is 2.23. The van der Waals surface area contributed by atoms with Gasteiger partial charge < -0.3 is 10.1 Å². The summed E-state index contributed by atoms with van der Waals surface area (Å²) < 4.78 is 6.93. The molecule has 0 aliphatic heterocycles. The average Bonchev–Trinajstić information content (AvgIpc) is 2.80. The third-order valence-corrected chi connectivity index (χ3v) is 4.08. The van der Waals surface area contributed by atoms with Crippen molar-refractivity contribution in [3.63, 3.8) is 0 Å². The maximum absolute atomic E-state index is 5.79. The van der Waals surface area contributed by atoms with E-state index in [1.165, 1.54) is 10.4 Å². The normalized spacial score (nSPS) is 10.6. The number of ether oxygens (including phenoxy) is 1. The second-order valence-corrected chi connectivity index (χ2v) is 6.47. The van der Waals surface area contributed by atoms with Gasteiger partial charge >= 0.3 is 0 Å². The van der Waals surface area contributed by atoms with E-state index in [9.17, 15) is 0 Å². The maximum Gasteiger partial charge on any atom is 0.122 e. The van der Waals surface area contributed by atoms with Crippen LogP contribution in [0, 0.1) is 0 Å². The van der Waals surface area contributed by atoms with Crippen LogP contribution >= 0.6 is 27.3 Å². The topological polar surface area (TPSA) is 21.3 Å². The second kappa shape index (κ2) is 6.92. The molecule has 1 aromatic carbocycles. The van der Waals surface area contributed by atoms with Crippen molar-refractivity contribution in [3.8, 4) is 5.75 Å². The van der Waals surface area contributed by atoms with E-state index in [2.05, 4.69) is 46.4 Å². The van der Waals surface area contributed by atoms with Crippen LogP contribution in [0.1, 0.15) is 17.4 Å². The van der Waals surface area contributed by atoms with Crippen LogP contribution < -0.4 is 10.1 Å². The molecule has 2 nitrogen and oxygen atoms in total. The van der Waals surface area contributed by atoms with Crippen LogP contribution in [-0.4, -0.2) is 6.54 Å². The molecule has 2 aromatic rings. The molecule has 0 aliphatic carbocycles. The number of hydrogen-bond donors (Lipinski definition) is 1. The van der Waals surface area contributed by atoms with Gasteiger partial charge in [-0.15, -0.1) is 11.3 Å². The van der Waals surface area contributed by atoms with Crippen molar-refractivity contribution in [3.05, 3.63) is 50.6 Å². The Balaban J connectivity index is 1.92. The van der Waals surface area contributed by atoms with E-state index in [1.54, 1.807) is 11.3 Å². The van der Waals surface area contributed by atoms with E-state index in [-0.39, 0.29) is 0 Å². The van der Waals surface area contributed by atoms with Gasteiger partial charge in [-0.05, 0) is 52.3 Å². The summed E-state index contributed by atoms with van der Waals surface area (Å²) in [4.78, 5) is 1.22. The summed E-state index contributed by atoms with van der Waals surface area (Å²) in [6.45, 7) is 4.60. The summed E-state index contributed by atoms with van der Waals surface area (Å²) in [5.74, 6) is 0.926. The van der Waals surface area contributed by atoms with E-state index in [0.29, 0.717) is 6.61 Å². The fraction of sp³-hybridized carbons (Fsp3) is 0.286. The number of hydrogen-bond acceptors (Lipinski definition) is 3. The molecule has 0 amide bonds. The molecule has 0 bridgehead atoms. The lowest BCUT2D eigenvalue weighted by Gasteiger charge is -2.07. The Labute approximate surface area is 120 Å². The Hall–Kier alpha value is -0.840. The summed E-state index contributed by atoms with van der Waals surface area (Å²) in [7, 11) is 0. The molecule has 1 aromatic heterocycles. The van der Waals surface area contributed by atoms with Crippen molar-refractivity contribution in [2.24, 2.45) is 0 Å². The SMILES string of the molecule is CCNCc1cccc(OCc2ccc(Br)s2)c1. The number of thiophene rings is 1. The fourth-order valence-electron chi connectivity index (χ4n) is 1.60. The van der Waals surface area contributed by atoms with E-state index in [0.717, 1.165) is 22.6 Å². The van der Waals surface area contributed by atoms with Gasteiger partial charge in [-0.25, -0.2) is 0 Å². The van der Waals surface area contributed by atoms with Gasteiger partial charge in [0.05, 0.1) is 3.79 Å². The van der Waals surface area contributed by atoms with Gasteiger partial charge in [0.1, 0.15) is 12.4 Å². The van der Waals surface area contributed by atoms with Crippen LogP contribution in [0.4, 0.5) is 0 Å². The molecule has 0 saturated carbocycles. The monoisotopic (exact) mass is 325 g/mol. The van der Waals surface area contributed by atoms with Gasteiger partial charge in [0.15, 0.2) is 0 Å². The Bertz CT molecular complexity index is 498. The van der Waals surface area contributed by atoms with E-state index in [4.69, 9.17) is 4.74 Å². The molecule has 0 radical (unpaired) electrons. The molecule has 0 atom stereocenters. The minimum Gasteiger partial charge on any atom is -0.488 e. The first kappa shape index (κ1) is 13.6. The van der Waals surface area contributed by atoms with E-state index in [1.807, 2.05) is 18.2 Å². The summed E-state index contributed by atoms with van der Waals surface area (Å²) >= 11 is 5.16. The second-order valence-electron chi connectivity index (χ2n) is 3.92. The minimum absolute atomic E-state index is 0.626. The van der Waals surface area contributed by atoms with Crippen LogP contribution in [0.5, 0.6) is 5.75 Å². The number of halogens is 1. The van der Waals surface area contributed by atoms with Crippen molar-refractivity contribution < 1.29 is 4.74 Å². The molecule has 0 aliphatic rings. The van der Waals surface area contributed by atoms with Gasteiger partial charge in [-0.3, -0.25) is 0 Å². The van der Waals surface area contributed by atoms with Crippen molar-refractivity contribution in [1.82, 2.24) is 5.32 Å². The van der Waals surface area contributed by atoms with Crippen molar-refractivity contribution in [2.75, 3.05) is 6.54 Å². The molecular weight excluding hydrogens is 310 g/mol. The first-order valence-electron chi connectivity index (χ1n) is 5.94. The molecule has 0 fully saturated rings. The molecule has 1 heterocycles. The van der Waals surface area contributed by atoms with Crippen LogP contribution in [0.2, 0.25) is 0 Å². The molecule has 18 heavy (non-hydrogen) atoms. The van der Waals surface area contributed by atoms with E-state index >= 15 is 0 Å². The maximum atomic E-state index is 5.79. The minimum atomic E-state index is 0.626. The first-order chi connectivity index (χ1) is 8.78. The zero-order valence-electron chi connectivity index (χ0n) is 10.3. The predicted octanol–water partition coefficient (Wildman–Crippen LogP) is 4.20.